The Labute approximate surface area is 105 Å². The van der Waals surface area contributed by atoms with Crippen molar-refractivity contribution in [2.75, 3.05) is 11.5 Å². The standard InChI is InChI=1S/C11H14N4O2S/c1-9-13-5-6-15(9)7-8-18(16,17)11-10(12)3-2-4-14-11/h2-6H,7-8,12H2,1H3. The molecule has 0 unspecified atom stereocenters. The minimum Gasteiger partial charge on any atom is -0.396 e. The fourth-order valence-electron chi connectivity index (χ4n) is 1.62. The van der Waals surface area contributed by atoms with E-state index in [1.54, 1.807) is 23.0 Å². The van der Waals surface area contributed by atoms with Crippen molar-refractivity contribution >= 4 is 15.5 Å². The van der Waals surface area contributed by atoms with Gasteiger partial charge in [0.2, 0.25) is 0 Å². The van der Waals surface area contributed by atoms with Crippen LogP contribution in [0.1, 0.15) is 5.82 Å². The number of nitrogens with two attached hydrogens (primary N) is 1. The monoisotopic (exact) mass is 266 g/mol. The van der Waals surface area contributed by atoms with Crippen LogP contribution in [0.5, 0.6) is 0 Å². The first-order valence-corrected chi connectivity index (χ1v) is 7.07. The molecule has 2 aromatic rings. The van der Waals surface area contributed by atoms with Crippen molar-refractivity contribution in [3.8, 4) is 0 Å². The smallest absolute Gasteiger partial charge is 0.199 e. The number of imidazole rings is 1. The molecule has 2 heterocycles. The Morgan fingerprint density at radius 1 is 1.33 bits per heavy atom. The van der Waals surface area contributed by atoms with Gasteiger partial charge in [-0.05, 0) is 19.1 Å². The number of aryl methyl sites for hydroxylation is 2. The molecule has 0 saturated heterocycles. The molecular formula is C11H14N4O2S. The van der Waals surface area contributed by atoms with E-state index in [4.69, 9.17) is 5.73 Å². The normalized spacial score (nSPS) is 11.6. The fraction of sp³-hybridized carbons (Fsp3) is 0.273. The Morgan fingerprint density at radius 2 is 2.11 bits per heavy atom. The second kappa shape index (κ2) is 4.77. The minimum atomic E-state index is -3.47. The third kappa shape index (κ3) is 2.51. The van der Waals surface area contributed by atoms with E-state index in [9.17, 15) is 8.42 Å². The number of rotatable bonds is 4. The number of hydrogen-bond acceptors (Lipinski definition) is 5. The van der Waals surface area contributed by atoms with Crippen molar-refractivity contribution in [3.05, 3.63) is 36.5 Å². The molecule has 18 heavy (non-hydrogen) atoms. The summed E-state index contributed by atoms with van der Waals surface area (Å²) in [5.41, 5.74) is 5.81. The fourth-order valence-corrected chi connectivity index (χ4v) is 2.90. The van der Waals surface area contributed by atoms with Gasteiger partial charge in [-0.3, -0.25) is 0 Å². The van der Waals surface area contributed by atoms with Crippen LogP contribution in [0.15, 0.2) is 35.7 Å². The van der Waals surface area contributed by atoms with Crippen LogP contribution in [0.3, 0.4) is 0 Å². The van der Waals surface area contributed by atoms with Crippen molar-refractivity contribution in [1.29, 1.82) is 0 Å². The maximum Gasteiger partial charge on any atom is 0.199 e. The van der Waals surface area contributed by atoms with Crippen molar-refractivity contribution in [1.82, 2.24) is 14.5 Å². The lowest BCUT2D eigenvalue weighted by atomic mass is 10.4. The summed E-state index contributed by atoms with van der Waals surface area (Å²) in [6, 6.07) is 3.14. The zero-order chi connectivity index (χ0) is 13.2. The summed E-state index contributed by atoms with van der Waals surface area (Å²) in [4.78, 5) is 7.87. The van der Waals surface area contributed by atoms with E-state index in [0.717, 1.165) is 5.82 Å². The van der Waals surface area contributed by atoms with Crippen LogP contribution in [0.4, 0.5) is 5.69 Å². The van der Waals surface area contributed by atoms with E-state index < -0.39 is 9.84 Å². The number of anilines is 1. The zero-order valence-electron chi connectivity index (χ0n) is 9.94. The molecule has 2 aromatic heterocycles. The molecule has 2 N–H and O–H groups in total. The molecule has 0 aliphatic rings. The molecule has 0 aliphatic heterocycles. The number of aromatic nitrogens is 3. The van der Waals surface area contributed by atoms with Crippen LogP contribution >= 0.6 is 0 Å². The lowest BCUT2D eigenvalue weighted by molar-refractivity contribution is 0.584. The number of pyridine rings is 1. The van der Waals surface area contributed by atoms with Gasteiger partial charge in [0.05, 0.1) is 11.4 Å². The molecule has 0 radical (unpaired) electrons. The number of sulfone groups is 1. The number of nitrogen functional groups attached to an aromatic ring is 1. The zero-order valence-corrected chi connectivity index (χ0v) is 10.8. The first-order valence-electron chi connectivity index (χ1n) is 5.42. The van der Waals surface area contributed by atoms with Gasteiger partial charge in [-0.15, -0.1) is 0 Å². The van der Waals surface area contributed by atoms with Crippen LogP contribution in [0.2, 0.25) is 0 Å². The summed E-state index contributed by atoms with van der Waals surface area (Å²) in [6.07, 6.45) is 4.80. The topological polar surface area (TPSA) is 90.9 Å². The Balaban J connectivity index is 2.19. The molecule has 0 atom stereocenters. The molecule has 0 saturated carbocycles. The van der Waals surface area contributed by atoms with Crippen LogP contribution in [0.25, 0.3) is 0 Å². The summed E-state index contributed by atoms with van der Waals surface area (Å²) >= 11 is 0. The van der Waals surface area contributed by atoms with Crippen LogP contribution in [-0.2, 0) is 16.4 Å². The van der Waals surface area contributed by atoms with Gasteiger partial charge >= 0.3 is 0 Å². The largest absolute Gasteiger partial charge is 0.396 e. The molecule has 0 spiro atoms. The third-order valence-electron chi connectivity index (χ3n) is 2.62. The second-order valence-corrected chi connectivity index (χ2v) is 5.91. The molecule has 2 rings (SSSR count). The maximum absolute atomic E-state index is 12.1. The summed E-state index contributed by atoms with van der Waals surface area (Å²) < 4.78 is 25.9. The highest BCUT2D eigenvalue weighted by Gasteiger charge is 2.19. The SMILES string of the molecule is Cc1nccn1CCS(=O)(=O)c1ncccc1N. The van der Waals surface area contributed by atoms with Gasteiger partial charge in [0.1, 0.15) is 5.82 Å². The quantitative estimate of drug-likeness (QED) is 0.877. The molecule has 6 nitrogen and oxygen atoms in total. The number of hydrogen-bond donors (Lipinski definition) is 1. The Bertz CT molecular complexity index is 649. The van der Waals surface area contributed by atoms with E-state index in [1.165, 1.54) is 12.3 Å². The Hall–Kier alpha value is -1.89. The van der Waals surface area contributed by atoms with E-state index in [0.29, 0.717) is 6.54 Å². The van der Waals surface area contributed by atoms with E-state index in [2.05, 4.69) is 9.97 Å². The van der Waals surface area contributed by atoms with Gasteiger partial charge in [0, 0.05) is 25.1 Å². The van der Waals surface area contributed by atoms with E-state index >= 15 is 0 Å². The summed E-state index contributed by atoms with van der Waals surface area (Å²) in [6.45, 7) is 2.16. The highest BCUT2D eigenvalue weighted by Crippen LogP contribution is 2.16. The van der Waals surface area contributed by atoms with E-state index in [-0.39, 0.29) is 16.5 Å². The first kappa shape index (κ1) is 12.6. The number of nitrogens with zero attached hydrogens (tertiary/aromatic N) is 3. The lowest BCUT2D eigenvalue weighted by Crippen LogP contribution is -2.16. The highest BCUT2D eigenvalue weighted by molar-refractivity contribution is 7.91. The Kier molecular flexibility index (Phi) is 3.33. The van der Waals surface area contributed by atoms with Crippen LogP contribution < -0.4 is 5.73 Å². The molecular weight excluding hydrogens is 252 g/mol. The van der Waals surface area contributed by atoms with Crippen molar-refractivity contribution < 1.29 is 8.42 Å². The molecule has 96 valence electrons. The maximum atomic E-state index is 12.1. The lowest BCUT2D eigenvalue weighted by Gasteiger charge is -2.07. The van der Waals surface area contributed by atoms with Crippen LogP contribution in [-0.4, -0.2) is 28.7 Å². The molecule has 0 fully saturated rings. The predicted octanol–water partition coefficient (Wildman–Crippen LogP) is 0.643. The minimum absolute atomic E-state index is 0.0502. The van der Waals surface area contributed by atoms with Crippen molar-refractivity contribution in [3.63, 3.8) is 0 Å². The summed E-state index contributed by atoms with van der Waals surface area (Å²) in [7, 11) is -3.47. The average Bonchev–Trinajstić information content (AvgIpc) is 2.73. The highest BCUT2D eigenvalue weighted by atomic mass is 32.2. The molecule has 0 aliphatic carbocycles. The molecule has 0 amide bonds. The van der Waals surface area contributed by atoms with Crippen molar-refractivity contribution in [2.24, 2.45) is 0 Å². The predicted molar refractivity (Wildman–Crippen MR) is 67.7 cm³/mol. The van der Waals surface area contributed by atoms with Gasteiger partial charge in [0.25, 0.3) is 0 Å². The molecule has 0 bridgehead atoms. The van der Waals surface area contributed by atoms with Gasteiger partial charge in [-0.25, -0.2) is 18.4 Å². The average molecular weight is 266 g/mol. The van der Waals surface area contributed by atoms with Crippen LogP contribution in [0, 0.1) is 6.92 Å². The van der Waals surface area contributed by atoms with Gasteiger partial charge in [-0.2, -0.15) is 0 Å². The first-order chi connectivity index (χ1) is 8.50. The Morgan fingerprint density at radius 3 is 2.72 bits per heavy atom. The van der Waals surface area contributed by atoms with Gasteiger partial charge < -0.3 is 10.3 Å². The summed E-state index contributed by atoms with van der Waals surface area (Å²) in [5, 5.41) is -0.0530. The van der Waals surface area contributed by atoms with E-state index in [1.807, 2.05) is 6.92 Å². The molecule has 0 aromatic carbocycles. The molecule has 7 heteroatoms. The van der Waals surface area contributed by atoms with Gasteiger partial charge in [-0.1, -0.05) is 0 Å². The third-order valence-corrected chi connectivity index (χ3v) is 4.27. The summed E-state index contributed by atoms with van der Waals surface area (Å²) in [5.74, 6) is 0.727. The van der Waals surface area contributed by atoms with Gasteiger partial charge in [0.15, 0.2) is 14.9 Å². The van der Waals surface area contributed by atoms with Crippen molar-refractivity contribution in [2.45, 2.75) is 18.5 Å². The second-order valence-electron chi connectivity index (χ2n) is 3.88.